The minimum atomic E-state index is 0.621. The molecule has 0 saturated heterocycles. The normalized spacial score (nSPS) is 22.0. The van der Waals surface area contributed by atoms with Gasteiger partial charge in [0.2, 0.25) is 0 Å². The summed E-state index contributed by atoms with van der Waals surface area (Å²) in [6.07, 6.45) is 8.31. The number of rotatable bonds is 2. The molecule has 0 aliphatic heterocycles. The smallest absolute Gasteiger partial charge is 0.00225 e. The molecular formula is C14H16. The van der Waals surface area contributed by atoms with Gasteiger partial charge in [0.05, 0.1) is 0 Å². The Kier molecular flexibility index (Phi) is 2.83. The first-order valence-electron chi connectivity index (χ1n) is 5.27. The first-order valence-corrected chi connectivity index (χ1v) is 5.27. The van der Waals surface area contributed by atoms with Crippen LogP contribution in [-0.2, 0) is 0 Å². The highest BCUT2D eigenvalue weighted by Crippen LogP contribution is 2.30. The molecule has 1 atom stereocenters. The molecule has 14 heavy (non-hydrogen) atoms. The average Bonchev–Trinajstić information content (AvgIpc) is 2.63. The van der Waals surface area contributed by atoms with E-state index in [0.717, 1.165) is 0 Å². The Morgan fingerprint density at radius 2 is 2.00 bits per heavy atom. The van der Waals surface area contributed by atoms with Crippen LogP contribution in [-0.4, -0.2) is 0 Å². The maximum absolute atomic E-state index is 4.10. The van der Waals surface area contributed by atoms with Gasteiger partial charge in [-0.05, 0) is 30.7 Å². The lowest BCUT2D eigenvalue weighted by atomic mass is 10.0. The van der Waals surface area contributed by atoms with E-state index in [2.05, 4.69) is 43.0 Å². The first-order chi connectivity index (χ1) is 6.86. The van der Waals surface area contributed by atoms with E-state index in [4.69, 9.17) is 0 Å². The number of allylic oxidation sites excluding steroid dienone is 2. The average molecular weight is 184 g/mol. The van der Waals surface area contributed by atoms with E-state index >= 15 is 0 Å². The van der Waals surface area contributed by atoms with Crippen LogP contribution in [0.4, 0.5) is 0 Å². The van der Waals surface area contributed by atoms with E-state index in [-0.39, 0.29) is 0 Å². The lowest BCUT2D eigenvalue weighted by molar-refractivity contribution is 0.769. The van der Waals surface area contributed by atoms with Crippen LogP contribution < -0.4 is 0 Å². The molecule has 0 aromatic heterocycles. The van der Waals surface area contributed by atoms with Crippen molar-refractivity contribution < 1.29 is 0 Å². The van der Waals surface area contributed by atoms with Crippen LogP contribution in [0, 0.1) is 5.92 Å². The summed E-state index contributed by atoms with van der Waals surface area (Å²) in [4.78, 5) is 0. The van der Waals surface area contributed by atoms with E-state index < -0.39 is 0 Å². The zero-order valence-corrected chi connectivity index (χ0v) is 8.45. The van der Waals surface area contributed by atoms with Gasteiger partial charge >= 0.3 is 0 Å². The molecule has 72 valence electrons. The zero-order chi connectivity index (χ0) is 9.80. The lowest BCUT2D eigenvalue weighted by Crippen LogP contribution is -1.88. The standard InChI is InChI=1S/C14H16/c1-12-6-5-9-14(12)11-10-13-7-3-2-4-8-13/h2-4,7-8,10-11,14H,1,5-6,9H2/b11-10+. The molecule has 1 aliphatic rings. The summed E-state index contributed by atoms with van der Waals surface area (Å²) in [5.74, 6) is 0.621. The van der Waals surface area contributed by atoms with Crippen LogP contribution in [0.1, 0.15) is 24.8 Å². The SMILES string of the molecule is C=C1CCCC1/C=C/c1ccccc1. The summed E-state index contributed by atoms with van der Waals surface area (Å²) in [7, 11) is 0. The molecule has 1 fully saturated rings. The van der Waals surface area contributed by atoms with Crippen molar-refractivity contribution >= 4 is 6.08 Å². The molecule has 1 aromatic carbocycles. The van der Waals surface area contributed by atoms with Gasteiger partial charge in [0.25, 0.3) is 0 Å². The maximum atomic E-state index is 4.10. The summed E-state index contributed by atoms with van der Waals surface area (Å²) < 4.78 is 0. The summed E-state index contributed by atoms with van der Waals surface area (Å²) in [6.45, 7) is 4.10. The third kappa shape index (κ3) is 2.14. The Hall–Kier alpha value is -1.30. The predicted octanol–water partition coefficient (Wildman–Crippen LogP) is 4.06. The van der Waals surface area contributed by atoms with E-state index in [1.165, 1.54) is 30.4 Å². The molecule has 0 nitrogen and oxygen atoms in total. The quantitative estimate of drug-likeness (QED) is 0.608. The Morgan fingerprint density at radius 3 is 2.64 bits per heavy atom. The molecule has 0 radical (unpaired) electrons. The van der Waals surface area contributed by atoms with Gasteiger partial charge in [-0.2, -0.15) is 0 Å². The number of hydrogen-bond acceptors (Lipinski definition) is 0. The second-order valence-corrected chi connectivity index (χ2v) is 3.93. The first kappa shape index (κ1) is 9.26. The summed E-state index contributed by atoms with van der Waals surface area (Å²) in [6, 6.07) is 10.5. The van der Waals surface area contributed by atoms with Gasteiger partial charge in [0.15, 0.2) is 0 Å². The van der Waals surface area contributed by atoms with Crippen LogP contribution in [0.2, 0.25) is 0 Å². The minimum Gasteiger partial charge on any atom is -0.0993 e. The van der Waals surface area contributed by atoms with Crippen LogP contribution in [0.3, 0.4) is 0 Å². The Labute approximate surface area is 86.0 Å². The molecule has 1 aromatic rings. The Morgan fingerprint density at radius 1 is 1.21 bits per heavy atom. The second kappa shape index (κ2) is 4.28. The Bertz CT molecular complexity index is 332. The molecule has 1 aliphatic carbocycles. The summed E-state index contributed by atoms with van der Waals surface area (Å²) in [5.41, 5.74) is 2.68. The highest BCUT2D eigenvalue weighted by molar-refractivity contribution is 5.49. The third-order valence-corrected chi connectivity index (χ3v) is 2.86. The molecule has 1 saturated carbocycles. The van der Waals surface area contributed by atoms with Gasteiger partial charge in [0.1, 0.15) is 0 Å². The Balaban J connectivity index is 2.03. The second-order valence-electron chi connectivity index (χ2n) is 3.93. The van der Waals surface area contributed by atoms with Crippen molar-refractivity contribution in [1.29, 1.82) is 0 Å². The number of benzene rings is 1. The van der Waals surface area contributed by atoms with Crippen molar-refractivity contribution in [2.45, 2.75) is 19.3 Å². The van der Waals surface area contributed by atoms with Gasteiger partial charge in [-0.3, -0.25) is 0 Å². The van der Waals surface area contributed by atoms with Gasteiger partial charge in [-0.25, -0.2) is 0 Å². The van der Waals surface area contributed by atoms with Crippen LogP contribution in [0.5, 0.6) is 0 Å². The fourth-order valence-corrected chi connectivity index (χ4v) is 1.96. The maximum Gasteiger partial charge on any atom is -0.00225 e. The highest BCUT2D eigenvalue weighted by atomic mass is 14.2. The lowest BCUT2D eigenvalue weighted by Gasteiger charge is -2.03. The van der Waals surface area contributed by atoms with E-state index in [1.54, 1.807) is 0 Å². The van der Waals surface area contributed by atoms with Crippen molar-refractivity contribution in [2.75, 3.05) is 0 Å². The predicted molar refractivity (Wildman–Crippen MR) is 62.0 cm³/mol. The van der Waals surface area contributed by atoms with E-state index in [1.807, 2.05) is 6.07 Å². The zero-order valence-electron chi connectivity index (χ0n) is 8.45. The van der Waals surface area contributed by atoms with E-state index in [0.29, 0.717) is 5.92 Å². The van der Waals surface area contributed by atoms with Crippen LogP contribution in [0.25, 0.3) is 6.08 Å². The molecular weight excluding hydrogens is 168 g/mol. The van der Waals surface area contributed by atoms with Gasteiger partial charge in [-0.15, -0.1) is 0 Å². The molecule has 0 N–H and O–H groups in total. The van der Waals surface area contributed by atoms with Gasteiger partial charge < -0.3 is 0 Å². The topological polar surface area (TPSA) is 0 Å². The third-order valence-electron chi connectivity index (χ3n) is 2.86. The minimum absolute atomic E-state index is 0.621. The molecule has 1 unspecified atom stereocenters. The molecule has 0 heterocycles. The number of hydrogen-bond donors (Lipinski definition) is 0. The molecule has 0 bridgehead atoms. The van der Waals surface area contributed by atoms with Crippen molar-refractivity contribution in [3.63, 3.8) is 0 Å². The summed E-state index contributed by atoms with van der Waals surface area (Å²) in [5, 5.41) is 0. The molecule has 0 spiro atoms. The van der Waals surface area contributed by atoms with Crippen molar-refractivity contribution in [3.05, 3.63) is 54.1 Å². The highest BCUT2D eigenvalue weighted by Gasteiger charge is 2.15. The monoisotopic (exact) mass is 184 g/mol. The van der Waals surface area contributed by atoms with E-state index in [9.17, 15) is 0 Å². The molecule has 0 heteroatoms. The fourth-order valence-electron chi connectivity index (χ4n) is 1.96. The molecule has 2 rings (SSSR count). The largest absolute Gasteiger partial charge is 0.0993 e. The molecule has 0 amide bonds. The van der Waals surface area contributed by atoms with Crippen molar-refractivity contribution in [3.8, 4) is 0 Å². The fraction of sp³-hybridized carbons (Fsp3) is 0.286. The summed E-state index contributed by atoms with van der Waals surface area (Å²) >= 11 is 0. The van der Waals surface area contributed by atoms with Crippen LogP contribution in [0.15, 0.2) is 48.6 Å². The van der Waals surface area contributed by atoms with Crippen molar-refractivity contribution in [2.24, 2.45) is 5.92 Å². The van der Waals surface area contributed by atoms with Gasteiger partial charge in [-0.1, -0.05) is 54.6 Å². The van der Waals surface area contributed by atoms with Crippen LogP contribution >= 0.6 is 0 Å². The van der Waals surface area contributed by atoms with Gasteiger partial charge in [0, 0.05) is 0 Å². The van der Waals surface area contributed by atoms with Crippen molar-refractivity contribution in [1.82, 2.24) is 0 Å².